The van der Waals surface area contributed by atoms with E-state index in [1.54, 1.807) is 4.90 Å². The monoisotopic (exact) mass is 399 g/mol. The minimum atomic E-state index is -0.420. The van der Waals surface area contributed by atoms with Crippen LogP contribution in [0.25, 0.3) is 10.9 Å². The van der Waals surface area contributed by atoms with Gasteiger partial charge in [0, 0.05) is 29.1 Å². The molecule has 3 aromatic rings. The zero-order chi connectivity index (χ0) is 20.2. The highest BCUT2D eigenvalue weighted by molar-refractivity contribution is 6.06. The second kappa shape index (κ2) is 6.73. The molecule has 30 heavy (non-hydrogen) atoms. The first-order chi connectivity index (χ1) is 14.7. The van der Waals surface area contributed by atoms with Crippen LogP contribution in [-0.2, 0) is 11.2 Å². The van der Waals surface area contributed by atoms with E-state index >= 15 is 0 Å². The van der Waals surface area contributed by atoms with Crippen LogP contribution < -0.4 is 0 Å². The van der Waals surface area contributed by atoms with Gasteiger partial charge in [-0.3, -0.25) is 14.6 Å². The smallest absolute Gasteiger partial charge is 0.328 e. The molecule has 0 spiro atoms. The fourth-order valence-corrected chi connectivity index (χ4v) is 5.75. The number of para-hydroxylation sites is 1. The highest BCUT2D eigenvalue weighted by atomic mass is 16.2. The molecular weight excluding hydrogens is 374 g/mol. The van der Waals surface area contributed by atoms with E-state index in [1.165, 1.54) is 12.0 Å². The summed E-state index contributed by atoms with van der Waals surface area (Å²) in [6, 6.07) is 17.6. The van der Waals surface area contributed by atoms with Gasteiger partial charge in [0.15, 0.2) is 0 Å². The fourth-order valence-electron chi connectivity index (χ4n) is 5.75. The zero-order valence-corrected chi connectivity index (χ0v) is 16.9. The third kappa shape index (κ3) is 2.47. The average Bonchev–Trinajstić information content (AvgIpc) is 3.28. The summed E-state index contributed by atoms with van der Waals surface area (Å²) in [6.45, 7) is 0. The van der Waals surface area contributed by atoms with Crippen molar-refractivity contribution in [1.82, 2.24) is 14.8 Å². The molecule has 2 fully saturated rings. The van der Waals surface area contributed by atoms with E-state index in [4.69, 9.17) is 0 Å². The number of imide groups is 1. The number of carbonyl (C=O) groups is 2. The lowest BCUT2D eigenvalue weighted by Gasteiger charge is -2.36. The van der Waals surface area contributed by atoms with Crippen LogP contribution in [0.5, 0.6) is 0 Å². The van der Waals surface area contributed by atoms with Crippen LogP contribution in [0.1, 0.15) is 55.0 Å². The van der Waals surface area contributed by atoms with Gasteiger partial charge in [-0.05, 0) is 30.0 Å². The van der Waals surface area contributed by atoms with Crippen LogP contribution in [0.2, 0.25) is 0 Å². The normalized spacial score (nSPS) is 24.4. The Bertz CT molecular complexity index is 1130. The summed E-state index contributed by atoms with van der Waals surface area (Å²) in [4.78, 5) is 34.3. The summed E-state index contributed by atoms with van der Waals surface area (Å²) in [5.74, 6) is -0.0104. The summed E-state index contributed by atoms with van der Waals surface area (Å²) < 4.78 is 0. The maximum absolute atomic E-state index is 13.7. The number of rotatable bonds is 2. The summed E-state index contributed by atoms with van der Waals surface area (Å²) in [7, 11) is 0. The zero-order valence-electron chi connectivity index (χ0n) is 16.9. The number of urea groups is 1. The number of amides is 3. The molecule has 1 saturated heterocycles. The molecule has 1 saturated carbocycles. The van der Waals surface area contributed by atoms with Gasteiger partial charge in [-0.2, -0.15) is 0 Å². The third-order valence-electron chi connectivity index (χ3n) is 7.14. The summed E-state index contributed by atoms with van der Waals surface area (Å²) in [5.41, 5.74) is 4.33. The first-order valence-corrected chi connectivity index (χ1v) is 11.0. The summed E-state index contributed by atoms with van der Waals surface area (Å²) in [6.07, 6.45) is 5.83. The van der Waals surface area contributed by atoms with Crippen molar-refractivity contribution in [2.24, 2.45) is 0 Å². The van der Waals surface area contributed by atoms with Gasteiger partial charge in [-0.25, -0.2) is 4.79 Å². The maximum Gasteiger partial charge on any atom is 0.328 e. The highest BCUT2D eigenvalue weighted by Crippen LogP contribution is 2.45. The molecule has 0 unspecified atom stereocenters. The molecule has 1 aromatic heterocycles. The lowest BCUT2D eigenvalue weighted by molar-refractivity contribution is -0.130. The number of H-pyrrole nitrogens is 1. The summed E-state index contributed by atoms with van der Waals surface area (Å²) in [5, 5.41) is 1.16. The Morgan fingerprint density at radius 2 is 1.60 bits per heavy atom. The molecule has 1 aliphatic carbocycles. The number of aromatic nitrogens is 1. The van der Waals surface area contributed by atoms with Crippen molar-refractivity contribution in [3.63, 3.8) is 0 Å². The third-order valence-corrected chi connectivity index (χ3v) is 7.14. The van der Waals surface area contributed by atoms with Crippen LogP contribution in [0.3, 0.4) is 0 Å². The SMILES string of the molecule is O=C1[C@H]2Cc3c([nH]c4ccccc34)[C@H](c3ccccc3)N2C(=O)N1C1CCCCC1. The van der Waals surface area contributed by atoms with E-state index in [0.717, 1.165) is 47.8 Å². The van der Waals surface area contributed by atoms with E-state index < -0.39 is 6.04 Å². The number of nitrogens with zero attached hydrogens (tertiary/aromatic N) is 2. The molecule has 152 valence electrons. The number of benzene rings is 2. The van der Waals surface area contributed by atoms with E-state index in [1.807, 2.05) is 35.2 Å². The van der Waals surface area contributed by atoms with Crippen molar-refractivity contribution in [3.8, 4) is 0 Å². The number of fused-ring (bicyclic) bond motifs is 4. The summed E-state index contributed by atoms with van der Waals surface area (Å²) >= 11 is 0. The standard InChI is InChI=1S/C25H25N3O2/c29-24-21-15-19-18-13-7-8-14-20(18)26-22(19)23(16-9-3-1-4-10-16)28(21)25(30)27(24)17-11-5-2-6-12-17/h1,3-4,7-10,13-14,17,21,23,26H,2,5-6,11-12,15H2/t21-,23+/m1/s1. The predicted molar refractivity (Wildman–Crippen MR) is 115 cm³/mol. The number of hydrogen-bond donors (Lipinski definition) is 1. The number of carbonyl (C=O) groups excluding carboxylic acids is 2. The quantitative estimate of drug-likeness (QED) is 0.631. The first-order valence-electron chi connectivity index (χ1n) is 11.0. The molecule has 0 radical (unpaired) electrons. The second-order valence-corrected chi connectivity index (χ2v) is 8.79. The van der Waals surface area contributed by atoms with Crippen molar-refractivity contribution in [2.45, 2.75) is 56.7 Å². The lowest BCUT2D eigenvalue weighted by atomic mass is 9.89. The van der Waals surface area contributed by atoms with Crippen molar-refractivity contribution in [3.05, 3.63) is 71.4 Å². The van der Waals surface area contributed by atoms with Crippen LogP contribution in [-0.4, -0.2) is 38.8 Å². The van der Waals surface area contributed by atoms with Crippen molar-refractivity contribution in [1.29, 1.82) is 0 Å². The average molecular weight is 399 g/mol. The topological polar surface area (TPSA) is 56.4 Å². The first kappa shape index (κ1) is 17.8. The molecular formula is C25H25N3O2. The molecule has 2 aliphatic heterocycles. The Labute approximate surface area is 175 Å². The van der Waals surface area contributed by atoms with Gasteiger partial charge in [-0.15, -0.1) is 0 Å². The van der Waals surface area contributed by atoms with Crippen molar-refractivity contribution >= 4 is 22.8 Å². The largest absolute Gasteiger partial charge is 0.356 e. The second-order valence-electron chi connectivity index (χ2n) is 8.79. The fraction of sp³-hybridized carbons (Fsp3) is 0.360. The minimum Gasteiger partial charge on any atom is -0.356 e. The number of nitrogens with one attached hydrogen (secondary N) is 1. The van der Waals surface area contributed by atoms with Crippen LogP contribution >= 0.6 is 0 Å². The Morgan fingerprint density at radius 3 is 2.40 bits per heavy atom. The predicted octanol–water partition coefficient (Wildman–Crippen LogP) is 4.78. The van der Waals surface area contributed by atoms with Gasteiger partial charge >= 0.3 is 6.03 Å². The molecule has 2 aromatic carbocycles. The Morgan fingerprint density at radius 1 is 0.867 bits per heavy atom. The van der Waals surface area contributed by atoms with Crippen molar-refractivity contribution < 1.29 is 9.59 Å². The van der Waals surface area contributed by atoms with Gasteiger partial charge in [-0.1, -0.05) is 67.8 Å². The highest BCUT2D eigenvalue weighted by Gasteiger charge is 2.54. The molecule has 1 N–H and O–H groups in total. The Hall–Kier alpha value is -3.08. The minimum absolute atomic E-state index is 0.0104. The van der Waals surface area contributed by atoms with Crippen LogP contribution in [0, 0.1) is 0 Å². The Kier molecular flexibility index (Phi) is 3.98. The lowest BCUT2D eigenvalue weighted by Crippen LogP contribution is -2.44. The molecule has 5 heteroatoms. The molecule has 6 rings (SSSR count). The Balaban J connectivity index is 1.51. The molecule has 5 nitrogen and oxygen atoms in total. The van der Waals surface area contributed by atoms with E-state index in [9.17, 15) is 9.59 Å². The van der Waals surface area contributed by atoms with Gasteiger partial charge < -0.3 is 4.98 Å². The molecule has 3 aliphatic rings. The van der Waals surface area contributed by atoms with Gasteiger partial charge in [0.05, 0.1) is 0 Å². The van der Waals surface area contributed by atoms with Gasteiger partial charge in [0.1, 0.15) is 12.1 Å². The number of hydrogen-bond acceptors (Lipinski definition) is 2. The molecule has 3 amide bonds. The van der Waals surface area contributed by atoms with Gasteiger partial charge in [0.2, 0.25) is 0 Å². The molecule has 3 heterocycles. The van der Waals surface area contributed by atoms with E-state index in [0.29, 0.717) is 6.42 Å². The molecule has 0 bridgehead atoms. The van der Waals surface area contributed by atoms with Crippen LogP contribution in [0.15, 0.2) is 54.6 Å². The van der Waals surface area contributed by atoms with E-state index in [-0.39, 0.29) is 24.0 Å². The van der Waals surface area contributed by atoms with E-state index in [2.05, 4.69) is 29.2 Å². The maximum atomic E-state index is 13.7. The van der Waals surface area contributed by atoms with Crippen LogP contribution in [0.4, 0.5) is 4.79 Å². The van der Waals surface area contributed by atoms with Crippen molar-refractivity contribution in [2.75, 3.05) is 0 Å². The number of aromatic amines is 1. The van der Waals surface area contributed by atoms with Gasteiger partial charge in [0.25, 0.3) is 5.91 Å². The molecule has 2 atom stereocenters.